The van der Waals surface area contributed by atoms with Crippen LogP contribution in [0.4, 0.5) is 23.3 Å². The van der Waals surface area contributed by atoms with E-state index in [1.54, 1.807) is 6.07 Å². The van der Waals surface area contributed by atoms with Crippen LogP contribution >= 0.6 is 23.4 Å². The molecule has 0 fully saturated rings. The molecule has 0 saturated carbocycles. The summed E-state index contributed by atoms with van der Waals surface area (Å²) in [7, 11) is 0. The van der Waals surface area contributed by atoms with Gasteiger partial charge in [-0.3, -0.25) is 4.79 Å². The minimum Gasteiger partial charge on any atom is -0.368 e. The Morgan fingerprint density at radius 2 is 1.89 bits per heavy atom. The van der Waals surface area contributed by atoms with E-state index in [2.05, 4.69) is 25.6 Å². The van der Waals surface area contributed by atoms with Crippen LogP contribution in [0.2, 0.25) is 5.02 Å². The van der Waals surface area contributed by atoms with Crippen LogP contribution < -0.4 is 16.4 Å². The fourth-order valence-electron chi connectivity index (χ4n) is 2.31. The third-order valence-corrected chi connectivity index (χ3v) is 4.98. The van der Waals surface area contributed by atoms with E-state index in [1.165, 1.54) is 11.8 Å². The van der Waals surface area contributed by atoms with Crippen LogP contribution in [-0.2, 0) is 10.5 Å². The lowest BCUT2D eigenvalue weighted by molar-refractivity contribution is -0.113. The van der Waals surface area contributed by atoms with Gasteiger partial charge in [-0.05, 0) is 36.8 Å². The lowest BCUT2D eigenvalue weighted by Crippen LogP contribution is -2.14. The molecule has 2 aromatic carbocycles. The predicted octanol–water partition coefficient (Wildman–Crippen LogP) is 4.03. The Labute approximate surface area is 172 Å². The number of amides is 1. The van der Waals surface area contributed by atoms with Crippen LogP contribution in [-0.4, -0.2) is 26.6 Å². The molecular weight excluding hydrogens is 396 g/mol. The summed E-state index contributed by atoms with van der Waals surface area (Å²) in [5, 5.41) is 6.52. The van der Waals surface area contributed by atoms with E-state index in [0.29, 0.717) is 28.2 Å². The van der Waals surface area contributed by atoms with Crippen LogP contribution in [0.5, 0.6) is 0 Å². The largest absolute Gasteiger partial charge is 0.368 e. The minimum atomic E-state index is -0.130. The van der Waals surface area contributed by atoms with Crippen molar-refractivity contribution in [3.05, 3.63) is 64.9 Å². The van der Waals surface area contributed by atoms with Crippen molar-refractivity contribution in [1.82, 2.24) is 15.0 Å². The Balaban J connectivity index is 1.54. The molecule has 28 heavy (non-hydrogen) atoms. The fourth-order valence-corrected chi connectivity index (χ4v) is 3.16. The Kier molecular flexibility index (Phi) is 6.67. The normalized spacial score (nSPS) is 10.5. The summed E-state index contributed by atoms with van der Waals surface area (Å²) in [5.74, 6) is 1.55. The molecule has 0 unspecified atom stereocenters. The summed E-state index contributed by atoms with van der Waals surface area (Å²) in [6.07, 6.45) is 0. The van der Waals surface area contributed by atoms with E-state index in [9.17, 15) is 4.79 Å². The number of aryl methyl sites for hydroxylation is 1. The number of rotatable bonds is 7. The summed E-state index contributed by atoms with van der Waals surface area (Å²) >= 11 is 7.46. The molecule has 3 rings (SSSR count). The molecule has 0 saturated heterocycles. The molecule has 0 radical (unpaired) electrons. The first-order chi connectivity index (χ1) is 13.5. The molecule has 1 aromatic heterocycles. The molecule has 0 aliphatic heterocycles. The molecule has 0 bridgehead atoms. The van der Waals surface area contributed by atoms with E-state index in [0.717, 1.165) is 11.3 Å². The van der Waals surface area contributed by atoms with E-state index < -0.39 is 0 Å². The molecule has 0 atom stereocenters. The van der Waals surface area contributed by atoms with Gasteiger partial charge in [0.2, 0.25) is 17.8 Å². The SMILES string of the molecule is Cc1ccc(NC(=O)CSCc2nc(N)nc(Nc3ccccc3)n2)cc1Cl. The maximum atomic E-state index is 12.1. The summed E-state index contributed by atoms with van der Waals surface area (Å²) in [6, 6.07) is 14.9. The molecule has 4 N–H and O–H groups in total. The predicted molar refractivity (Wildman–Crippen MR) is 115 cm³/mol. The van der Waals surface area contributed by atoms with Crippen LogP contribution in [0, 0.1) is 6.92 Å². The molecule has 1 heterocycles. The van der Waals surface area contributed by atoms with Gasteiger partial charge >= 0.3 is 0 Å². The summed E-state index contributed by atoms with van der Waals surface area (Å²) in [5.41, 5.74) is 8.25. The third-order valence-electron chi connectivity index (χ3n) is 3.65. The van der Waals surface area contributed by atoms with E-state index >= 15 is 0 Å². The number of nitrogens with one attached hydrogen (secondary N) is 2. The number of nitrogens with two attached hydrogens (primary N) is 1. The zero-order valence-electron chi connectivity index (χ0n) is 15.1. The molecule has 7 nitrogen and oxygen atoms in total. The maximum absolute atomic E-state index is 12.1. The minimum absolute atomic E-state index is 0.128. The van der Waals surface area contributed by atoms with Crippen LogP contribution in [0.1, 0.15) is 11.4 Å². The number of hydrogen-bond donors (Lipinski definition) is 3. The fraction of sp³-hybridized carbons (Fsp3) is 0.158. The number of nitrogens with zero attached hydrogens (tertiary/aromatic N) is 3. The van der Waals surface area contributed by atoms with Gasteiger partial charge in [0.05, 0.1) is 11.5 Å². The second-order valence-corrected chi connectivity index (χ2v) is 7.32. The topological polar surface area (TPSA) is 106 Å². The molecule has 1 amide bonds. The second kappa shape index (κ2) is 9.38. The number of benzene rings is 2. The van der Waals surface area contributed by atoms with E-state index in [4.69, 9.17) is 17.3 Å². The first-order valence-corrected chi connectivity index (χ1v) is 9.99. The highest BCUT2D eigenvalue weighted by Crippen LogP contribution is 2.20. The molecular formula is C19H19ClN6OS. The molecule has 3 aromatic rings. The van der Waals surface area contributed by atoms with Crippen molar-refractivity contribution in [3.63, 3.8) is 0 Å². The van der Waals surface area contributed by atoms with Crippen LogP contribution in [0.15, 0.2) is 48.5 Å². The van der Waals surface area contributed by atoms with Gasteiger partial charge < -0.3 is 16.4 Å². The average Bonchev–Trinajstić information content (AvgIpc) is 2.65. The van der Waals surface area contributed by atoms with Crippen molar-refractivity contribution in [1.29, 1.82) is 0 Å². The highest BCUT2D eigenvalue weighted by molar-refractivity contribution is 7.99. The number of anilines is 4. The highest BCUT2D eigenvalue weighted by atomic mass is 35.5. The first kappa shape index (κ1) is 19.9. The average molecular weight is 415 g/mol. The van der Waals surface area contributed by atoms with Gasteiger partial charge in [-0.25, -0.2) is 0 Å². The lowest BCUT2D eigenvalue weighted by Gasteiger charge is -2.08. The molecule has 0 aliphatic rings. The lowest BCUT2D eigenvalue weighted by atomic mass is 10.2. The Morgan fingerprint density at radius 1 is 1.11 bits per heavy atom. The number of carbonyl (C=O) groups excluding carboxylic acids is 1. The monoisotopic (exact) mass is 414 g/mol. The number of nitrogen functional groups attached to an aromatic ring is 1. The third kappa shape index (κ3) is 5.83. The van der Waals surface area contributed by atoms with Crippen LogP contribution in [0.25, 0.3) is 0 Å². The van der Waals surface area contributed by atoms with Crippen molar-refractivity contribution < 1.29 is 4.79 Å². The van der Waals surface area contributed by atoms with Crippen molar-refractivity contribution in [2.75, 3.05) is 22.1 Å². The number of para-hydroxylation sites is 1. The van der Waals surface area contributed by atoms with E-state index in [-0.39, 0.29) is 17.6 Å². The molecule has 0 aliphatic carbocycles. The number of aromatic nitrogens is 3. The Bertz CT molecular complexity index is 970. The number of thioether (sulfide) groups is 1. The standard InChI is InChI=1S/C19H19ClN6OS/c1-12-7-8-14(9-15(12)20)22-17(27)11-28-10-16-24-18(21)26-19(25-16)23-13-5-3-2-4-6-13/h2-9H,10-11H2,1H3,(H,22,27)(H3,21,23,24,25,26). The van der Waals surface area contributed by atoms with Gasteiger partial charge in [-0.15, -0.1) is 11.8 Å². The van der Waals surface area contributed by atoms with Crippen molar-refractivity contribution in [3.8, 4) is 0 Å². The van der Waals surface area contributed by atoms with Gasteiger partial charge in [0.15, 0.2) is 0 Å². The molecule has 144 valence electrons. The summed E-state index contributed by atoms with van der Waals surface area (Å²) < 4.78 is 0. The van der Waals surface area contributed by atoms with E-state index in [1.807, 2.05) is 49.4 Å². The van der Waals surface area contributed by atoms with Crippen molar-refractivity contribution in [2.24, 2.45) is 0 Å². The Morgan fingerprint density at radius 3 is 2.64 bits per heavy atom. The van der Waals surface area contributed by atoms with Crippen LogP contribution in [0.3, 0.4) is 0 Å². The molecule has 0 spiro atoms. The van der Waals surface area contributed by atoms with Crippen molar-refractivity contribution in [2.45, 2.75) is 12.7 Å². The summed E-state index contributed by atoms with van der Waals surface area (Å²) in [6.45, 7) is 1.91. The number of carbonyl (C=O) groups is 1. The quantitative estimate of drug-likeness (QED) is 0.535. The van der Waals surface area contributed by atoms with Crippen molar-refractivity contribution >= 4 is 52.5 Å². The van der Waals surface area contributed by atoms with Gasteiger partial charge in [0.1, 0.15) is 5.82 Å². The van der Waals surface area contributed by atoms with Gasteiger partial charge in [-0.1, -0.05) is 35.9 Å². The number of hydrogen-bond acceptors (Lipinski definition) is 7. The zero-order valence-corrected chi connectivity index (χ0v) is 16.7. The smallest absolute Gasteiger partial charge is 0.234 e. The Hall–Kier alpha value is -2.84. The second-order valence-electron chi connectivity index (χ2n) is 5.93. The maximum Gasteiger partial charge on any atom is 0.234 e. The van der Waals surface area contributed by atoms with Gasteiger partial charge in [0, 0.05) is 16.4 Å². The van der Waals surface area contributed by atoms with Gasteiger partial charge in [0.25, 0.3) is 0 Å². The molecule has 9 heteroatoms. The highest BCUT2D eigenvalue weighted by Gasteiger charge is 2.08. The first-order valence-electron chi connectivity index (χ1n) is 8.46. The number of halogens is 1. The van der Waals surface area contributed by atoms with Gasteiger partial charge in [-0.2, -0.15) is 15.0 Å². The zero-order chi connectivity index (χ0) is 19.9. The summed E-state index contributed by atoms with van der Waals surface area (Å²) in [4.78, 5) is 24.7.